The largest absolute Gasteiger partial charge is 0.383 e. The molecule has 3 N–H and O–H groups in total. The summed E-state index contributed by atoms with van der Waals surface area (Å²) in [6.45, 7) is 4.82. The first-order valence-corrected chi connectivity index (χ1v) is 6.66. The maximum atomic E-state index is 12.8. The lowest BCUT2D eigenvalue weighted by Crippen LogP contribution is -2.12. The minimum Gasteiger partial charge on any atom is -0.383 e. The number of halogens is 1. The van der Waals surface area contributed by atoms with E-state index in [1.165, 1.54) is 18.5 Å². The third kappa shape index (κ3) is 3.44. The fraction of sp³-hybridized carbons (Fsp3) is 0.333. The molecule has 5 heteroatoms. The van der Waals surface area contributed by atoms with Crippen molar-refractivity contribution in [1.29, 1.82) is 0 Å². The average molecular weight is 274 g/mol. The SMILES string of the molecule is CC(C)c1c(N)ncnc1NCCc1ccc(F)cc1. The molecule has 1 heterocycles. The lowest BCUT2D eigenvalue weighted by molar-refractivity contribution is 0.627. The van der Waals surface area contributed by atoms with E-state index < -0.39 is 0 Å². The first-order chi connectivity index (χ1) is 9.58. The summed E-state index contributed by atoms with van der Waals surface area (Å²) in [5.41, 5.74) is 7.90. The highest BCUT2D eigenvalue weighted by Gasteiger charge is 2.12. The number of nitrogen functional groups attached to an aromatic ring is 1. The van der Waals surface area contributed by atoms with Crippen LogP contribution in [0.5, 0.6) is 0 Å². The van der Waals surface area contributed by atoms with Crippen LogP contribution >= 0.6 is 0 Å². The molecule has 0 saturated heterocycles. The quantitative estimate of drug-likeness (QED) is 0.879. The zero-order chi connectivity index (χ0) is 14.5. The number of rotatable bonds is 5. The van der Waals surface area contributed by atoms with Crippen molar-refractivity contribution in [1.82, 2.24) is 9.97 Å². The minimum atomic E-state index is -0.215. The molecule has 0 aliphatic heterocycles. The molecule has 0 saturated carbocycles. The summed E-state index contributed by atoms with van der Waals surface area (Å²) in [6, 6.07) is 6.51. The van der Waals surface area contributed by atoms with E-state index in [1.54, 1.807) is 12.1 Å². The molecule has 4 nitrogen and oxygen atoms in total. The summed E-state index contributed by atoms with van der Waals surface area (Å²) in [6.07, 6.45) is 2.25. The van der Waals surface area contributed by atoms with E-state index in [-0.39, 0.29) is 11.7 Å². The van der Waals surface area contributed by atoms with Gasteiger partial charge in [-0.2, -0.15) is 0 Å². The lowest BCUT2D eigenvalue weighted by Gasteiger charge is -2.14. The van der Waals surface area contributed by atoms with Gasteiger partial charge in [0, 0.05) is 12.1 Å². The minimum absolute atomic E-state index is 0.215. The van der Waals surface area contributed by atoms with Crippen LogP contribution in [-0.4, -0.2) is 16.5 Å². The monoisotopic (exact) mass is 274 g/mol. The van der Waals surface area contributed by atoms with Gasteiger partial charge < -0.3 is 11.1 Å². The van der Waals surface area contributed by atoms with E-state index in [9.17, 15) is 4.39 Å². The second kappa shape index (κ2) is 6.32. The summed E-state index contributed by atoms with van der Waals surface area (Å²) in [5.74, 6) is 1.32. The van der Waals surface area contributed by atoms with E-state index in [0.717, 1.165) is 23.4 Å². The number of benzene rings is 1. The Balaban J connectivity index is 2.01. The standard InChI is InChI=1S/C15H19FN4/c1-10(2)13-14(17)19-9-20-15(13)18-8-7-11-3-5-12(16)6-4-11/h3-6,9-10H,7-8H2,1-2H3,(H3,17,18,19,20). The number of hydrogen-bond donors (Lipinski definition) is 2. The number of nitrogens with two attached hydrogens (primary N) is 1. The molecule has 2 rings (SSSR count). The first-order valence-electron chi connectivity index (χ1n) is 6.66. The van der Waals surface area contributed by atoms with Crippen molar-refractivity contribution in [3.05, 3.63) is 47.5 Å². The molecular weight excluding hydrogens is 255 g/mol. The molecule has 0 unspecified atom stereocenters. The Morgan fingerprint density at radius 1 is 1.20 bits per heavy atom. The Kier molecular flexibility index (Phi) is 4.50. The number of hydrogen-bond acceptors (Lipinski definition) is 4. The Morgan fingerprint density at radius 2 is 1.90 bits per heavy atom. The van der Waals surface area contributed by atoms with Gasteiger partial charge in [0.25, 0.3) is 0 Å². The smallest absolute Gasteiger partial charge is 0.134 e. The molecule has 20 heavy (non-hydrogen) atoms. The Labute approximate surface area is 118 Å². The maximum Gasteiger partial charge on any atom is 0.134 e. The van der Waals surface area contributed by atoms with Crippen LogP contribution in [0.15, 0.2) is 30.6 Å². The normalized spacial score (nSPS) is 10.8. The Hall–Kier alpha value is -2.17. The van der Waals surface area contributed by atoms with Crippen LogP contribution in [0.3, 0.4) is 0 Å². The molecule has 0 aliphatic carbocycles. The molecule has 0 aliphatic rings. The zero-order valence-corrected chi connectivity index (χ0v) is 11.7. The second-order valence-electron chi connectivity index (χ2n) is 4.98. The van der Waals surface area contributed by atoms with Crippen LogP contribution in [0.2, 0.25) is 0 Å². The summed E-state index contributed by atoms with van der Waals surface area (Å²) in [4.78, 5) is 8.27. The molecule has 0 atom stereocenters. The molecule has 0 fully saturated rings. The van der Waals surface area contributed by atoms with Crippen molar-refractivity contribution in [2.45, 2.75) is 26.2 Å². The average Bonchev–Trinajstić information content (AvgIpc) is 2.40. The number of anilines is 2. The van der Waals surface area contributed by atoms with Gasteiger partial charge in [-0.1, -0.05) is 26.0 Å². The first kappa shape index (κ1) is 14.2. The number of nitrogens with one attached hydrogen (secondary N) is 1. The van der Waals surface area contributed by atoms with Crippen molar-refractivity contribution in [3.63, 3.8) is 0 Å². The van der Waals surface area contributed by atoms with Crippen LogP contribution in [0.4, 0.5) is 16.0 Å². The van der Waals surface area contributed by atoms with E-state index in [0.29, 0.717) is 12.4 Å². The third-order valence-corrected chi connectivity index (χ3v) is 3.11. The predicted octanol–water partition coefficient (Wildman–Crippen LogP) is 2.98. The Bertz CT molecular complexity index is 567. The van der Waals surface area contributed by atoms with Crippen LogP contribution in [0.1, 0.15) is 30.9 Å². The fourth-order valence-corrected chi connectivity index (χ4v) is 2.10. The van der Waals surface area contributed by atoms with Gasteiger partial charge in [0.15, 0.2) is 0 Å². The van der Waals surface area contributed by atoms with E-state index in [4.69, 9.17) is 5.73 Å². The molecule has 106 valence electrons. The maximum absolute atomic E-state index is 12.8. The lowest BCUT2D eigenvalue weighted by atomic mass is 10.0. The van der Waals surface area contributed by atoms with Gasteiger partial charge in [0.1, 0.15) is 23.8 Å². The van der Waals surface area contributed by atoms with Crippen molar-refractivity contribution >= 4 is 11.6 Å². The van der Waals surface area contributed by atoms with Gasteiger partial charge in [-0.3, -0.25) is 0 Å². The Morgan fingerprint density at radius 3 is 2.55 bits per heavy atom. The third-order valence-electron chi connectivity index (χ3n) is 3.11. The highest BCUT2D eigenvalue weighted by atomic mass is 19.1. The van der Waals surface area contributed by atoms with Crippen LogP contribution in [0, 0.1) is 5.82 Å². The van der Waals surface area contributed by atoms with Gasteiger partial charge in [-0.25, -0.2) is 14.4 Å². The van der Waals surface area contributed by atoms with Gasteiger partial charge in [-0.15, -0.1) is 0 Å². The van der Waals surface area contributed by atoms with Crippen LogP contribution in [0.25, 0.3) is 0 Å². The van der Waals surface area contributed by atoms with Gasteiger partial charge in [0.05, 0.1) is 0 Å². The summed E-state index contributed by atoms with van der Waals surface area (Å²) in [7, 11) is 0. The fourth-order valence-electron chi connectivity index (χ4n) is 2.10. The summed E-state index contributed by atoms with van der Waals surface area (Å²) < 4.78 is 12.8. The molecular formula is C15H19FN4. The van der Waals surface area contributed by atoms with Crippen molar-refractivity contribution in [2.75, 3.05) is 17.6 Å². The molecule has 1 aromatic carbocycles. The molecule has 2 aromatic rings. The van der Waals surface area contributed by atoms with Gasteiger partial charge in [-0.05, 0) is 30.0 Å². The van der Waals surface area contributed by atoms with E-state index >= 15 is 0 Å². The number of aromatic nitrogens is 2. The van der Waals surface area contributed by atoms with Crippen LogP contribution in [-0.2, 0) is 6.42 Å². The molecule has 1 aromatic heterocycles. The predicted molar refractivity (Wildman–Crippen MR) is 79.1 cm³/mol. The number of nitrogens with zero attached hydrogens (tertiary/aromatic N) is 2. The van der Waals surface area contributed by atoms with E-state index in [1.807, 2.05) is 0 Å². The summed E-state index contributed by atoms with van der Waals surface area (Å²) >= 11 is 0. The highest BCUT2D eigenvalue weighted by molar-refractivity contribution is 5.56. The van der Waals surface area contributed by atoms with Crippen LogP contribution < -0.4 is 11.1 Å². The van der Waals surface area contributed by atoms with Gasteiger partial charge >= 0.3 is 0 Å². The summed E-state index contributed by atoms with van der Waals surface area (Å²) in [5, 5.41) is 3.27. The molecule has 0 amide bonds. The zero-order valence-electron chi connectivity index (χ0n) is 11.7. The highest BCUT2D eigenvalue weighted by Crippen LogP contribution is 2.26. The van der Waals surface area contributed by atoms with Gasteiger partial charge in [0.2, 0.25) is 0 Å². The second-order valence-corrected chi connectivity index (χ2v) is 4.98. The van der Waals surface area contributed by atoms with Crippen molar-refractivity contribution in [2.24, 2.45) is 0 Å². The molecule has 0 spiro atoms. The molecule has 0 bridgehead atoms. The topological polar surface area (TPSA) is 63.8 Å². The van der Waals surface area contributed by atoms with Crippen molar-refractivity contribution in [3.8, 4) is 0 Å². The van der Waals surface area contributed by atoms with E-state index in [2.05, 4.69) is 29.1 Å². The molecule has 0 radical (unpaired) electrons. The van der Waals surface area contributed by atoms with Crippen molar-refractivity contribution < 1.29 is 4.39 Å².